The molecular formula is C19H23ClFN3O3. The molecule has 8 heteroatoms. The molecule has 1 aliphatic heterocycles. The molecule has 0 amide bonds. The van der Waals surface area contributed by atoms with Gasteiger partial charge in [0.2, 0.25) is 0 Å². The van der Waals surface area contributed by atoms with Gasteiger partial charge in [-0.1, -0.05) is 11.6 Å². The molecule has 3 N–H and O–H groups in total. The van der Waals surface area contributed by atoms with E-state index in [1.807, 2.05) is 0 Å². The third kappa shape index (κ3) is 4.32. The van der Waals surface area contributed by atoms with E-state index in [9.17, 15) is 14.3 Å². The number of likely N-dealkylation sites (tertiary alicyclic amines) is 1. The average Bonchev–Trinajstić information content (AvgIpc) is 3.14. The SMILES string of the molecule is COc1ccc(F)c(C(=O)c2c[nH]c(C(O)NC3CCN(C)CC3)c2)c1Cl. The Bertz CT molecular complexity index is 819. The van der Waals surface area contributed by atoms with Crippen LogP contribution in [0, 0.1) is 5.82 Å². The van der Waals surface area contributed by atoms with Crippen molar-refractivity contribution in [1.29, 1.82) is 0 Å². The van der Waals surface area contributed by atoms with Crippen molar-refractivity contribution < 1.29 is 19.0 Å². The van der Waals surface area contributed by atoms with Gasteiger partial charge in [-0.3, -0.25) is 10.1 Å². The van der Waals surface area contributed by atoms with E-state index >= 15 is 0 Å². The predicted molar refractivity (Wildman–Crippen MR) is 101 cm³/mol. The zero-order valence-corrected chi connectivity index (χ0v) is 16.0. The van der Waals surface area contributed by atoms with E-state index in [1.165, 1.54) is 25.4 Å². The molecule has 2 aromatic rings. The molecule has 1 saturated heterocycles. The highest BCUT2D eigenvalue weighted by atomic mass is 35.5. The first-order chi connectivity index (χ1) is 12.9. The van der Waals surface area contributed by atoms with Gasteiger partial charge in [-0.2, -0.15) is 0 Å². The maximum atomic E-state index is 14.2. The number of H-pyrrole nitrogens is 1. The highest BCUT2D eigenvalue weighted by Gasteiger charge is 2.24. The molecule has 2 heterocycles. The van der Waals surface area contributed by atoms with E-state index in [0.29, 0.717) is 5.69 Å². The fraction of sp³-hybridized carbons (Fsp3) is 0.421. The number of aliphatic hydroxyl groups excluding tert-OH is 1. The van der Waals surface area contributed by atoms with Crippen LogP contribution >= 0.6 is 11.6 Å². The molecule has 3 rings (SSSR count). The van der Waals surface area contributed by atoms with Crippen LogP contribution in [-0.2, 0) is 0 Å². The second-order valence-electron chi connectivity index (χ2n) is 6.76. The Morgan fingerprint density at radius 3 is 2.81 bits per heavy atom. The molecular weight excluding hydrogens is 373 g/mol. The van der Waals surface area contributed by atoms with Crippen molar-refractivity contribution in [2.45, 2.75) is 25.1 Å². The summed E-state index contributed by atoms with van der Waals surface area (Å²) in [4.78, 5) is 17.8. The van der Waals surface area contributed by atoms with Gasteiger partial charge in [-0.25, -0.2) is 4.39 Å². The van der Waals surface area contributed by atoms with Crippen LogP contribution in [0.15, 0.2) is 24.4 Å². The number of methoxy groups -OCH3 is 1. The number of rotatable bonds is 6. The Labute approximate surface area is 162 Å². The number of nitrogens with one attached hydrogen (secondary N) is 2. The first-order valence-electron chi connectivity index (χ1n) is 8.78. The minimum atomic E-state index is -0.939. The molecule has 1 aromatic heterocycles. The number of benzene rings is 1. The van der Waals surface area contributed by atoms with Crippen molar-refractivity contribution in [3.05, 3.63) is 52.1 Å². The lowest BCUT2D eigenvalue weighted by Crippen LogP contribution is -2.42. The van der Waals surface area contributed by atoms with Gasteiger partial charge in [0.25, 0.3) is 0 Å². The lowest BCUT2D eigenvalue weighted by atomic mass is 10.0. The number of aromatic amines is 1. The van der Waals surface area contributed by atoms with Gasteiger partial charge < -0.3 is 19.7 Å². The van der Waals surface area contributed by atoms with Crippen LogP contribution in [0.2, 0.25) is 5.02 Å². The molecule has 27 heavy (non-hydrogen) atoms. The molecule has 1 unspecified atom stereocenters. The van der Waals surface area contributed by atoms with Crippen LogP contribution in [0.4, 0.5) is 4.39 Å². The van der Waals surface area contributed by atoms with Gasteiger partial charge in [0, 0.05) is 17.8 Å². The number of carbonyl (C=O) groups excluding carboxylic acids is 1. The van der Waals surface area contributed by atoms with Crippen LogP contribution in [-0.4, -0.2) is 54.1 Å². The Morgan fingerprint density at radius 1 is 1.44 bits per heavy atom. The molecule has 0 spiro atoms. The van der Waals surface area contributed by atoms with Crippen molar-refractivity contribution in [2.24, 2.45) is 0 Å². The topological polar surface area (TPSA) is 77.6 Å². The first-order valence-corrected chi connectivity index (χ1v) is 9.16. The van der Waals surface area contributed by atoms with Gasteiger partial charge >= 0.3 is 0 Å². The summed E-state index contributed by atoms with van der Waals surface area (Å²) in [7, 11) is 3.46. The molecule has 6 nitrogen and oxygen atoms in total. The minimum Gasteiger partial charge on any atom is -0.495 e. The van der Waals surface area contributed by atoms with Gasteiger partial charge in [-0.15, -0.1) is 0 Å². The third-order valence-corrected chi connectivity index (χ3v) is 5.25. The maximum absolute atomic E-state index is 14.2. The van der Waals surface area contributed by atoms with Gasteiger partial charge in [0.1, 0.15) is 17.8 Å². The molecule has 0 saturated carbocycles. The van der Waals surface area contributed by atoms with Crippen molar-refractivity contribution in [1.82, 2.24) is 15.2 Å². The summed E-state index contributed by atoms with van der Waals surface area (Å²) < 4.78 is 19.2. The predicted octanol–water partition coefficient (Wildman–Crippen LogP) is 2.72. The Balaban J connectivity index is 1.75. The fourth-order valence-electron chi connectivity index (χ4n) is 3.23. The largest absolute Gasteiger partial charge is 0.495 e. The van der Waals surface area contributed by atoms with Gasteiger partial charge in [0.15, 0.2) is 5.78 Å². The van der Waals surface area contributed by atoms with E-state index in [0.717, 1.165) is 32.0 Å². The molecule has 146 valence electrons. The van der Waals surface area contributed by atoms with Crippen LogP contribution in [0.25, 0.3) is 0 Å². The number of halogens is 2. The molecule has 1 fully saturated rings. The number of ether oxygens (including phenoxy) is 1. The zero-order chi connectivity index (χ0) is 19.6. The third-order valence-electron chi connectivity index (χ3n) is 4.88. The number of aromatic nitrogens is 1. The van der Waals surface area contributed by atoms with Crippen LogP contribution in [0.3, 0.4) is 0 Å². The van der Waals surface area contributed by atoms with Crippen molar-refractivity contribution in [2.75, 3.05) is 27.2 Å². The number of hydrogen-bond donors (Lipinski definition) is 3. The lowest BCUT2D eigenvalue weighted by molar-refractivity contribution is 0.100. The monoisotopic (exact) mass is 395 g/mol. The number of hydrogen-bond acceptors (Lipinski definition) is 5. The molecule has 0 aliphatic carbocycles. The van der Waals surface area contributed by atoms with E-state index in [1.54, 1.807) is 0 Å². The van der Waals surface area contributed by atoms with E-state index in [4.69, 9.17) is 16.3 Å². The summed E-state index contributed by atoms with van der Waals surface area (Å²) in [5.41, 5.74) is 0.402. The average molecular weight is 396 g/mol. The number of nitrogens with zero attached hydrogens (tertiary/aromatic N) is 1. The summed E-state index contributed by atoms with van der Waals surface area (Å²) in [5, 5.41) is 13.5. The highest BCUT2D eigenvalue weighted by molar-refractivity contribution is 6.36. The Kier molecular flexibility index (Phi) is 6.16. The van der Waals surface area contributed by atoms with Crippen LogP contribution in [0.5, 0.6) is 5.75 Å². The zero-order valence-electron chi connectivity index (χ0n) is 15.3. The maximum Gasteiger partial charge on any atom is 0.199 e. The summed E-state index contributed by atoms with van der Waals surface area (Å²) in [5.74, 6) is -1.08. The van der Waals surface area contributed by atoms with Crippen LogP contribution in [0.1, 0.15) is 40.7 Å². The molecule has 0 radical (unpaired) electrons. The summed E-state index contributed by atoms with van der Waals surface area (Å²) in [6, 6.07) is 4.21. The van der Waals surface area contributed by atoms with Crippen molar-refractivity contribution in [3.8, 4) is 5.75 Å². The Morgan fingerprint density at radius 2 is 2.15 bits per heavy atom. The van der Waals surface area contributed by atoms with E-state index < -0.39 is 17.8 Å². The summed E-state index contributed by atoms with van der Waals surface area (Å²) in [6.07, 6.45) is 2.37. The normalized spacial score (nSPS) is 17.1. The summed E-state index contributed by atoms with van der Waals surface area (Å²) >= 11 is 6.11. The van der Waals surface area contributed by atoms with Crippen molar-refractivity contribution >= 4 is 17.4 Å². The number of piperidine rings is 1. The van der Waals surface area contributed by atoms with Gasteiger partial charge in [0.05, 0.1) is 23.4 Å². The smallest absolute Gasteiger partial charge is 0.199 e. The highest BCUT2D eigenvalue weighted by Crippen LogP contribution is 2.32. The first kappa shape index (κ1) is 19.8. The molecule has 1 aromatic carbocycles. The van der Waals surface area contributed by atoms with Crippen LogP contribution < -0.4 is 10.1 Å². The quantitative estimate of drug-likeness (QED) is 0.518. The fourth-order valence-corrected chi connectivity index (χ4v) is 3.55. The summed E-state index contributed by atoms with van der Waals surface area (Å²) in [6.45, 7) is 1.93. The molecule has 1 aliphatic rings. The second-order valence-corrected chi connectivity index (χ2v) is 7.14. The second kappa shape index (κ2) is 8.39. The van der Waals surface area contributed by atoms with Gasteiger partial charge in [-0.05, 0) is 51.2 Å². The molecule has 1 atom stereocenters. The van der Waals surface area contributed by atoms with E-state index in [-0.39, 0.29) is 27.9 Å². The molecule has 0 bridgehead atoms. The standard InChI is InChI=1S/C19H23ClFN3O3/c1-24-7-5-12(6-8-24)23-19(26)14-9-11(10-22-14)18(25)16-13(21)3-4-15(27-2)17(16)20/h3-4,9-10,12,19,22-23,26H,5-8H2,1-2H3. The minimum absolute atomic E-state index is 0.0738. The Hall–Kier alpha value is -1.93. The van der Waals surface area contributed by atoms with E-state index in [2.05, 4.69) is 22.2 Å². The lowest BCUT2D eigenvalue weighted by Gasteiger charge is -2.30. The number of ketones is 1. The number of aliphatic hydroxyl groups is 1. The van der Waals surface area contributed by atoms with Crippen molar-refractivity contribution in [3.63, 3.8) is 0 Å². The number of carbonyl (C=O) groups is 1.